The molecule has 0 aromatic carbocycles. The van der Waals surface area contributed by atoms with E-state index in [1.807, 2.05) is 20.8 Å². The van der Waals surface area contributed by atoms with Crippen molar-refractivity contribution in [1.82, 2.24) is 4.90 Å². The van der Waals surface area contributed by atoms with Crippen LogP contribution in [0.2, 0.25) is 0 Å². The van der Waals surface area contributed by atoms with Crippen LogP contribution in [0.3, 0.4) is 0 Å². The number of amides is 1. The molecule has 0 radical (unpaired) electrons. The number of carbonyl (C=O) groups is 2. The molecule has 96 valence electrons. The van der Waals surface area contributed by atoms with E-state index in [4.69, 9.17) is 9.47 Å². The largest absolute Gasteiger partial charge is 0.444 e. The van der Waals surface area contributed by atoms with Crippen molar-refractivity contribution in [3.8, 4) is 0 Å². The first-order chi connectivity index (χ1) is 7.92. The summed E-state index contributed by atoms with van der Waals surface area (Å²) in [7, 11) is 0. The molecule has 1 amide bonds. The van der Waals surface area contributed by atoms with Gasteiger partial charge in [0.25, 0.3) is 0 Å². The standard InChI is InChI=1S/C12H19NO4/c1-12(2,3)17-11(15)13-6-8-16-10(9-13)5-4-7-14/h4-5,7,10H,6,8-9H2,1-3H3/b5-4+. The number of ether oxygens (including phenoxy) is 2. The van der Waals surface area contributed by atoms with Crippen molar-refractivity contribution < 1.29 is 19.1 Å². The Morgan fingerprint density at radius 1 is 1.47 bits per heavy atom. The van der Waals surface area contributed by atoms with Gasteiger partial charge in [0.05, 0.1) is 19.3 Å². The predicted octanol–water partition coefficient (Wildman–Crippen LogP) is 1.38. The SMILES string of the molecule is CC(C)(C)OC(=O)N1CCOC(/C=C/C=O)C1. The smallest absolute Gasteiger partial charge is 0.410 e. The van der Waals surface area contributed by atoms with Crippen LogP contribution in [0.1, 0.15) is 20.8 Å². The fraction of sp³-hybridized carbons (Fsp3) is 0.667. The van der Waals surface area contributed by atoms with Gasteiger partial charge in [0.15, 0.2) is 0 Å². The molecule has 1 heterocycles. The Balaban J connectivity index is 2.51. The summed E-state index contributed by atoms with van der Waals surface area (Å²) >= 11 is 0. The number of nitrogens with zero attached hydrogens (tertiary/aromatic N) is 1. The van der Waals surface area contributed by atoms with Gasteiger partial charge in [0, 0.05) is 6.54 Å². The zero-order chi connectivity index (χ0) is 12.9. The molecule has 1 aliphatic rings. The summed E-state index contributed by atoms with van der Waals surface area (Å²) < 4.78 is 10.7. The third-order valence-corrected chi connectivity index (χ3v) is 2.15. The maximum absolute atomic E-state index is 11.8. The molecule has 1 fully saturated rings. The first kappa shape index (κ1) is 13.7. The normalized spacial score (nSPS) is 21.6. The number of hydrogen-bond donors (Lipinski definition) is 0. The Morgan fingerprint density at radius 3 is 2.76 bits per heavy atom. The summed E-state index contributed by atoms with van der Waals surface area (Å²) in [5, 5.41) is 0. The maximum atomic E-state index is 11.8. The van der Waals surface area contributed by atoms with E-state index in [1.165, 1.54) is 6.08 Å². The second-order valence-corrected chi connectivity index (χ2v) is 4.86. The molecule has 1 rings (SSSR count). The fourth-order valence-corrected chi connectivity index (χ4v) is 1.45. The predicted molar refractivity (Wildman–Crippen MR) is 62.8 cm³/mol. The highest BCUT2D eigenvalue weighted by Crippen LogP contribution is 2.13. The molecule has 1 atom stereocenters. The van der Waals surface area contributed by atoms with Crippen molar-refractivity contribution >= 4 is 12.4 Å². The molecule has 0 aliphatic carbocycles. The highest BCUT2D eigenvalue weighted by Gasteiger charge is 2.26. The lowest BCUT2D eigenvalue weighted by atomic mass is 10.2. The van der Waals surface area contributed by atoms with E-state index < -0.39 is 5.60 Å². The Bertz CT molecular complexity index is 306. The summed E-state index contributed by atoms with van der Waals surface area (Å²) in [6, 6.07) is 0. The Morgan fingerprint density at radius 2 is 2.18 bits per heavy atom. The van der Waals surface area contributed by atoms with Crippen molar-refractivity contribution in [2.24, 2.45) is 0 Å². The van der Waals surface area contributed by atoms with Crippen LogP contribution in [-0.2, 0) is 14.3 Å². The van der Waals surface area contributed by atoms with Crippen LogP contribution in [0.4, 0.5) is 4.79 Å². The number of morpholine rings is 1. The van der Waals surface area contributed by atoms with Gasteiger partial charge in [0.1, 0.15) is 11.9 Å². The Kier molecular flexibility index (Phi) is 4.69. The van der Waals surface area contributed by atoms with E-state index in [0.717, 1.165) is 0 Å². The fourth-order valence-electron chi connectivity index (χ4n) is 1.45. The molecule has 5 nitrogen and oxygen atoms in total. The average Bonchev–Trinajstić information content (AvgIpc) is 2.24. The summed E-state index contributed by atoms with van der Waals surface area (Å²) in [6.07, 6.45) is 3.13. The van der Waals surface area contributed by atoms with Crippen molar-refractivity contribution in [2.75, 3.05) is 19.7 Å². The first-order valence-electron chi connectivity index (χ1n) is 5.64. The van der Waals surface area contributed by atoms with Crippen LogP contribution >= 0.6 is 0 Å². The van der Waals surface area contributed by atoms with E-state index >= 15 is 0 Å². The zero-order valence-corrected chi connectivity index (χ0v) is 10.5. The number of aldehydes is 1. The second kappa shape index (κ2) is 5.82. The lowest BCUT2D eigenvalue weighted by Crippen LogP contribution is -2.46. The molecule has 1 unspecified atom stereocenters. The Hall–Kier alpha value is -1.36. The van der Waals surface area contributed by atoms with Crippen LogP contribution < -0.4 is 0 Å². The summed E-state index contributed by atoms with van der Waals surface area (Å²) in [4.78, 5) is 23.6. The minimum absolute atomic E-state index is 0.235. The van der Waals surface area contributed by atoms with Gasteiger partial charge in [-0.2, -0.15) is 0 Å². The first-order valence-corrected chi connectivity index (χ1v) is 5.64. The van der Waals surface area contributed by atoms with Crippen molar-refractivity contribution in [3.05, 3.63) is 12.2 Å². The minimum atomic E-state index is -0.497. The van der Waals surface area contributed by atoms with E-state index in [2.05, 4.69) is 0 Å². The molecule has 1 aliphatic heterocycles. The molecular formula is C12H19NO4. The number of hydrogen-bond acceptors (Lipinski definition) is 4. The van der Waals surface area contributed by atoms with Gasteiger partial charge in [-0.25, -0.2) is 4.79 Å². The van der Waals surface area contributed by atoms with Crippen LogP contribution in [0, 0.1) is 0 Å². The molecule has 0 aromatic heterocycles. The van der Waals surface area contributed by atoms with Crippen molar-refractivity contribution in [2.45, 2.75) is 32.5 Å². The van der Waals surface area contributed by atoms with Crippen molar-refractivity contribution in [1.29, 1.82) is 0 Å². The highest BCUT2D eigenvalue weighted by molar-refractivity contribution is 5.68. The molecule has 1 saturated heterocycles. The third kappa shape index (κ3) is 4.99. The lowest BCUT2D eigenvalue weighted by molar-refractivity contribution is -0.104. The number of carbonyl (C=O) groups excluding carboxylic acids is 2. The van der Waals surface area contributed by atoms with Gasteiger partial charge in [-0.05, 0) is 26.8 Å². The molecular weight excluding hydrogens is 222 g/mol. The number of allylic oxidation sites excluding steroid dienone is 1. The zero-order valence-electron chi connectivity index (χ0n) is 10.5. The molecule has 5 heteroatoms. The van der Waals surface area contributed by atoms with E-state index in [1.54, 1.807) is 11.0 Å². The van der Waals surface area contributed by atoms with Gasteiger partial charge >= 0.3 is 6.09 Å². The number of rotatable bonds is 2. The van der Waals surface area contributed by atoms with Crippen molar-refractivity contribution in [3.63, 3.8) is 0 Å². The lowest BCUT2D eigenvalue weighted by Gasteiger charge is -2.33. The molecule has 17 heavy (non-hydrogen) atoms. The maximum Gasteiger partial charge on any atom is 0.410 e. The van der Waals surface area contributed by atoms with Crippen LogP contribution in [0.5, 0.6) is 0 Å². The Labute approximate surface area is 101 Å². The van der Waals surface area contributed by atoms with Crippen LogP contribution in [-0.4, -0.2) is 48.7 Å². The van der Waals surface area contributed by atoms with Crippen LogP contribution in [0.15, 0.2) is 12.2 Å². The van der Waals surface area contributed by atoms with Gasteiger partial charge in [0.2, 0.25) is 0 Å². The van der Waals surface area contributed by atoms with Crippen LogP contribution in [0.25, 0.3) is 0 Å². The monoisotopic (exact) mass is 241 g/mol. The summed E-state index contributed by atoms with van der Waals surface area (Å²) in [6.45, 7) is 6.87. The highest BCUT2D eigenvalue weighted by atomic mass is 16.6. The third-order valence-electron chi connectivity index (χ3n) is 2.15. The molecule has 0 aromatic rings. The van der Waals surface area contributed by atoms with Gasteiger partial charge in [-0.1, -0.05) is 6.08 Å². The molecule has 0 spiro atoms. The van der Waals surface area contributed by atoms with Gasteiger partial charge in [-0.3, -0.25) is 4.79 Å². The minimum Gasteiger partial charge on any atom is -0.444 e. The van der Waals surface area contributed by atoms with E-state index in [9.17, 15) is 9.59 Å². The van der Waals surface area contributed by atoms with E-state index in [-0.39, 0.29) is 12.2 Å². The summed E-state index contributed by atoms with van der Waals surface area (Å²) in [5.74, 6) is 0. The second-order valence-electron chi connectivity index (χ2n) is 4.86. The molecule has 0 bridgehead atoms. The quantitative estimate of drug-likeness (QED) is 0.541. The topological polar surface area (TPSA) is 55.8 Å². The van der Waals surface area contributed by atoms with Gasteiger partial charge in [-0.15, -0.1) is 0 Å². The molecule has 0 N–H and O–H groups in total. The average molecular weight is 241 g/mol. The van der Waals surface area contributed by atoms with E-state index in [0.29, 0.717) is 26.0 Å². The molecule has 0 saturated carbocycles. The van der Waals surface area contributed by atoms with Gasteiger partial charge < -0.3 is 14.4 Å². The summed E-state index contributed by atoms with van der Waals surface area (Å²) in [5.41, 5.74) is -0.497.